The molecule has 2 rings (SSSR count). The number of carbonyl (C=O) groups excluding carboxylic acids is 1. The quantitative estimate of drug-likeness (QED) is 0.927. The van der Waals surface area contributed by atoms with Gasteiger partial charge in [-0.3, -0.25) is 4.90 Å². The number of hydrogen-bond donors (Lipinski definition) is 1. The largest absolute Gasteiger partial charge is 0.480 e. The molecule has 0 radical (unpaired) electrons. The van der Waals surface area contributed by atoms with Crippen LogP contribution in [0.25, 0.3) is 0 Å². The van der Waals surface area contributed by atoms with Crippen LogP contribution in [-0.4, -0.2) is 41.6 Å². The Morgan fingerprint density at radius 2 is 2.05 bits per heavy atom. The number of carboxylic acids is 1. The molecule has 0 aliphatic carbocycles. The standard InChI is InChI=1S/C16H22N2O3/c1-11(2)8-9-17(3)16(21)18-13-7-5-4-6-12(13)10-14(18)15(19)20/h4-7,11,14H,8-10H2,1-3H3,(H,19,20)/t14-/m0/s1. The molecule has 1 aliphatic heterocycles. The number of aliphatic carboxylic acids is 1. The summed E-state index contributed by atoms with van der Waals surface area (Å²) in [4.78, 5) is 27.1. The Bertz CT molecular complexity index is 542. The maximum absolute atomic E-state index is 12.6. The summed E-state index contributed by atoms with van der Waals surface area (Å²) in [5.74, 6) is -0.460. The van der Waals surface area contributed by atoms with E-state index < -0.39 is 12.0 Å². The van der Waals surface area contributed by atoms with Crippen molar-refractivity contribution in [1.82, 2.24) is 4.90 Å². The van der Waals surface area contributed by atoms with Gasteiger partial charge in [0.15, 0.2) is 0 Å². The summed E-state index contributed by atoms with van der Waals surface area (Å²) in [6, 6.07) is 6.34. The minimum Gasteiger partial charge on any atom is -0.480 e. The maximum atomic E-state index is 12.6. The number of para-hydroxylation sites is 1. The molecule has 0 fully saturated rings. The molecule has 5 nitrogen and oxygen atoms in total. The van der Waals surface area contributed by atoms with Crippen molar-refractivity contribution in [2.45, 2.75) is 32.7 Å². The summed E-state index contributed by atoms with van der Waals surface area (Å²) in [6.45, 7) is 4.83. The van der Waals surface area contributed by atoms with Crippen molar-refractivity contribution in [3.63, 3.8) is 0 Å². The van der Waals surface area contributed by atoms with Gasteiger partial charge in [-0.2, -0.15) is 0 Å². The highest BCUT2D eigenvalue weighted by Crippen LogP contribution is 2.32. The maximum Gasteiger partial charge on any atom is 0.327 e. The first kappa shape index (κ1) is 15.4. The number of benzene rings is 1. The van der Waals surface area contributed by atoms with E-state index in [1.54, 1.807) is 11.9 Å². The lowest BCUT2D eigenvalue weighted by atomic mass is 10.1. The Kier molecular flexibility index (Phi) is 4.50. The van der Waals surface area contributed by atoms with E-state index in [2.05, 4.69) is 13.8 Å². The molecule has 1 heterocycles. The average molecular weight is 290 g/mol. The second-order valence-corrected chi connectivity index (χ2v) is 5.94. The number of nitrogens with zero attached hydrogens (tertiary/aromatic N) is 2. The number of carboxylic acid groups (broad SMARTS) is 1. The lowest BCUT2D eigenvalue weighted by Crippen LogP contribution is -2.48. The van der Waals surface area contributed by atoms with Gasteiger partial charge < -0.3 is 10.0 Å². The van der Waals surface area contributed by atoms with Gasteiger partial charge in [-0.05, 0) is 24.0 Å². The van der Waals surface area contributed by atoms with Crippen LogP contribution >= 0.6 is 0 Å². The third-order valence-electron chi connectivity index (χ3n) is 3.84. The Hall–Kier alpha value is -2.04. The van der Waals surface area contributed by atoms with E-state index in [0.717, 1.165) is 12.0 Å². The van der Waals surface area contributed by atoms with Crippen molar-refractivity contribution < 1.29 is 14.7 Å². The fraction of sp³-hybridized carbons (Fsp3) is 0.500. The number of fused-ring (bicyclic) bond motifs is 1. The van der Waals surface area contributed by atoms with E-state index in [1.807, 2.05) is 24.3 Å². The highest BCUT2D eigenvalue weighted by atomic mass is 16.4. The topological polar surface area (TPSA) is 60.9 Å². The van der Waals surface area contributed by atoms with Crippen LogP contribution in [0.2, 0.25) is 0 Å². The minimum atomic E-state index is -0.961. The van der Waals surface area contributed by atoms with Crippen LogP contribution in [0.4, 0.5) is 10.5 Å². The van der Waals surface area contributed by atoms with E-state index in [4.69, 9.17) is 0 Å². The minimum absolute atomic E-state index is 0.243. The summed E-state index contributed by atoms with van der Waals surface area (Å²) < 4.78 is 0. The molecule has 114 valence electrons. The monoisotopic (exact) mass is 290 g/mol. The van der Waals surface area contributed by atoms with Gasteiger partial charge in [0.05, 0.1) is 0 Å². The highest BCUT2D eigenvalue weighted by Gasteiger charge is 2.39. The summed E-state index contributed by atoms with van der Waals surface area (Å²) in [5.41, 5.74) is 1.63. The molecule has 5 heteroatoms. The summed E-state index contributed by atoms with van der Waals surface area (Å²) >= 11 is 0. The predicted molar refractivity (Wildman–Crippen MR) is 81.5 cm³/mol. The zero-order chi connectivity index (χ0) is 15.6. The van der Waals surface area contributed by atoms with E-state index in [1.165, 1.54) is 4.90 Å². The molecule has 1 aliphatic rings. The number of carbonyl (C=O) groups is 2. The Morgan fingerprint density at radius 1 is 1.38 bits per heavy atom. The Morgan fingerprint density at radius 3 is 2.67 bits per heavy atom. The summed E-state index contributed by atoms with van der Waals surface area (Å²) in [6.07, 6.45) is 1.27. The van der Waals surface area contributed by atoms with Gasteiger partial charge in [-0.15, -0.1) is 0 Å². The number of anilines is 1. The fourth-order valence-electron chi connectivity index (χ4n) is 2.55. The Labute approximate surface area is 125 Å². The van der Waals surface area contributed by atoms with Crippen molar-refractivity contribution in [1.29, 1.82) is 0 Å². The van der Waals surface area contributed by atoms with Crippen molar-refractivity contribution in [3.8, 4) is 0 Å². The summed E-state index contributed by atoms with van der Waals surface area (Å²) in [5, 5.41) is 9.39. The molecule has 0 saturated carbocycles. The SMILES string of the molecule is CC(C)CCN(C)C(=O)N1c2ccccc2C[C@H]1C(=O)O. The van der Waals surface area contributed by atoms with Gasteiger partial charge in [-0.1, -0.05) is 32.0 Å². The van der Waals surface area contributed by atoms with E-state index >= 15 is 0 Å². The first-order valence-corrected chi connectivity index (χ1v) is 7.27. The molecule has 0 bridgehead atoms. The van der Waals surface area contributed by atoms with Crippen molar-refractivity contribution in [3.05, 3.63) is 29.8 Å². The number of urea groups is 1. The van der Waals surface area contributed by atoms with Crippen LogP contribution in [0.1, 0.15) is 25.8 Å². The lowest BCUT2D eigenvalue weighted by molar-refractivity contribution is -0.138. The molecule has 1 aromatic carbocycles. The number of hydrogen-bond acceptors (Lipinski definition) is 2. The van der Waals surface area contributed by atoms with Crippen molar-refractivity contribution in [2.24, 2.45) is 5.92 Å². The fourth-order valence-corrected chi connectivity index (χ4v) is 2.55. The molecule has 1 aromatic rings. The van der Waals surface area contributed by atoms with E-state index in [9.17, 15) is 14.7 Å². The highest BCUT2D eigenvalue weighted by molar-refractivity contribution is 6.00. The summed E-state index contributed by atoms with van der Waals surface area (Å²) in [7, 11) is 1.73. The lowest BCUT2D eigenvalue weighted by Gasteiger charge is -2.28. The van der Waals surface area contributed by atoms with E-state index in [-0.39, 0.29) is 6.03 Å². The zero-order valence-corrected chi connectivity index (χ0v) is 12.7. The van der Waals surface area contributed by atoms with Gasteiger partial charge in [0.25, 0.3) is 0 Å². The first-order chi connectivity index (χ1) is 9.91. The van der Waals surface area contributed by atoms with Crippen LogP contribution < -0.4 is 4.90 Å². The van der Waals surface area contributed by atoms with Gasteiger partial charge >= 0.3 is 12.0 Å². The van der Waals surface area contributed by atoms with E-state index in [0.29, 0.717) is 24.6 Å². The number of amides is 2. The molecule has 1 N–H and O–H groups in total. The second kappa shape index (κ2) is 6.16. The molecular weight excluding hydrogens is 268 g/mol. The molecule has 21 heavy (non-hydrogen) atoms. The van der Waals surface area contributed by atoms with Crippen LogP contribution in [0.15, 0.2) is 24.3 Å². The van der Waals surface area contributed by atoms with Crippen molar-refractivity contribution >= 4 is 17.7 Å². The normalized spacial score (nSPS) is 17.0. The van der Waals surface area contributed by atoms with Gasteiger partial charge in [-0.25, -0.2) is 9.59 Å². The average Bonchev–Trinajstić information content (AvgIpc) is 2.83. The van der Waals surface area contributed by atoms with Crippen LogP contribution in [0, 0.1) is 5.92 Å². The third kappa shape index (κ3) is 3.17. The second-order valence-electron chi connectivity index (χ2n) is 5.94. The molecule has 0 saturated heterocycles. The molecular formula is C16H22N2O3. The first-order valence-electron chi connectivity index (χ1n) is 7.27. The van der Waals surface area contributed by atoms with Gasteiger partial charge in [0.1, 0.15) is 6.04 Å². The molecule has 1 atom stereocenters. The van der Waals surface area contributed by atoms with Crippen molar-refractivity contribution in [2.75, 3.05) is 18.5 Å². The van der Waals surface area contributed by atoms with Crippen LogP contribution in [-0.2, 0) is 11.2 Å². The van der Waals surface area contributed by atoms with Crippen LogP contribution in [0.3, 0.4) is 0 Å². The molecule has 0 spiro atoms. The smallest absolute Gasteiger partial charge is 0.327 e. The number of rotatable bonds is 4. The molecule has 0 unspecified atom stereocenters. The van der Waals surface area contributed by atoms with Crippen LogP contribution in [0.5, 0.6) is 0 Å². The Balaban J connectivity index is 2.22. The van der Waals surface area contributed by atoms with Gasteiger partial charge in [0, 0.05) is 25.7 Å². The predicted octanol–water partition coefficient (Wildman–Crippen LogP) is 2.60. The third-order valence-corrected chi connectivity index (χ3v) is 3.84. The molecule has 0 aromatic heterocycles. The zero-order valence-electron chi connectivity index (χ0n) is 12.7. The molecule has 2 amide bonds. The van der Waals surface area contributed by atoms with Gasteiger partial charge in [0.2, 0.25) is 0 Å².